The lowest BCUT2D eigenvalue weighted by molar-refractivity contribution is -0.175. The minimum absolute atomic E-state index is 0.145. The van der Waals surface area contributed by atoms with Crippen molar-refractivity contribution in [3.8, 4) is 0 Å². The summed E-state index contributed by atoms with van der Waals surface area (Å²) in [5.41, 5.74) is 3.46. The number of nitrogens with zero attached hydrogens (tertiary/aromatic N) is 2. The minimum atomic E-state index is -0.767. The van der Waals surface area contributed by atoms with Gasteiger partial charge in [-0.25, -0.2) is 4.79 Å². The van der Waals surface area contributed by atoms with Crippen LogP contribution in [-0.2, 0) is 14.3 Å². The van der Waals surface area contributed by atoms with Gasteiger partial charge in [0, 0.05) is 6.54 Å². The molecule has 0 spiro atoms. The van der Waals surface area contributed by atoms with Crippen LogP contribution >= 0.6 is 0 Å². The molecule has 5 fully saturated rings. The SMILES string of the molecule is CC(C)(C)OC(=O)N(CC(=O)N1CCC[C@H]1C(N)=O)C12CC3CC(CC(O)(C3)C1)C2. The normalized spacial score (nSPS) is 37.3. The van der Waals surface area contributed by atoms with Gasteiger partial charge in [-0.2, -0.15) is 0 Å². The fourth-order valence-corrected chi connectivity index (χ4v) is 6.81. The van der Waals surface area contributed by atoms with E-state index in [4.69, 9.17) is 10.5 Å². The van der Waals surface area contributed by atoms with Crippen LogP contribution in [0.1, 0.15) is 72.1 Å². The van der Waals surface area contributed by atoms with Gasteiger partial charge in [-0.1, -0.05) is 0 Å². The Kier molecular flexibility index (Phi) is 5.07. The Balaban J connectivity index is 1.61. The van der Waals surface area contributed by atoms with Gasteiger partial charge in [0.25, 0.3) is 0 Å². The highest BCUT2D eigenvalue weighted by molar-refractivity contribution is 5.89. The Labute approximate surface area is 178 Å². The van der Waals surface area contributed by atoms with Crippen LogP contribution in [0.5, 0.6) is 0 Å². The third-order valence-corrected chi connectivity index (χ3v) is 7.38. The second-order valence-corrected chi connectivity index (χ2v) is 11.1. The number of hydrogen-bond acceptors (Lipinski definition) is 5. The first-order valence-electron chi connectivity index (χ1n) is 11.2. The first-order valence-corrected chi connectivity index (χ1v) is 11.2. The Bertz CT molecular complexity index is 732. The molecule has 2 unspecified atom stereocenters. The van der Waals surface area contributed by atoms with E-state index in [1.165, 1.54) is 4.90 Å². The smallest absolute Gasteiger partial charge is 0.411 e. The van der Waals surface area contributed by atoms with Crippen molar-refractivity contribution >= 4 is 17.9 Å². The molecule has 3 amide bonds. The summed E-state index contributed by atoms with van der Waals surface area (Å²) in [6, 6.07) is -0.612. The predicted molar refractivity (Wildman–Crippen MR) is 109 cm³/mol. The lowest BCUT2D eigenvalue weighted by atomic mass is 9.50. The first kappa shape index (κ1) is 21.4. The number of ether oxygens (including phenoxy) is 1. The molecule has 5 rings (SSSR count). The summed E-state index contributed by atoms with van der Waals surface area (Å²) in [6.45, 7) is 5.75. The molecule has 0 radical (unpaired) electrons. The zero-order valence-electron chi connectivity index (χ0n) is 18.4. The second-order valence-electron chi connectivity index (χ2n) is 11.1. The molecular formula is C22H35N3O5. The molecule has 168 valence electrons. The number of nitrogens with two attached hydrogens (primary N) is 1. The fourth-order valence-electron chi connectivity index (χ4n) is 6.81. The average Bonchev–Trinajstić information content (AvgIpc) is 3.05. The van der Waals surface area contributed by atoms with E-state index < -0.39 is 34.8 Å². The van der Waals surface area contributed by atoms with E-state index in [0.717, 1.165) is 38.5 Å². The number of likely N-dealkylation sites (tertiary alicyclic amines) is 1. The lowest BCUT2D eigenvalue weighted by Crippen LogP contribution is -2.68. The van der Waals surface area contributed by atoms with Gasteiger partial charge in [0.2, 0.25) is 11.8 Å². The van der Waals surface area contributed by atoms with E-state index in [0.29, 0.717) is 31.2 Å². The molecule has 8 nitrogen and oxygen atoms in total. The van der Waals surface area contributed by atoms with Gasteiger partial charge in [-0.15, -0.1) is 0 Å². The Morgan fingerprint density at radius 2 is 1.80 bits per heavy atom. The largest absolute Gasteiger partial charge is 0.444 e. The van der Waals surface area contributed by atoms with E-state index in [9.17, 15) is 19.5 Å². The Morgan fingerprint density at radius 1 is 1.17 bits per heavy atom. The van der Waals surface area contributed by atoms with Crippen LogP contribution in [0, 0.1) is 11.8 Å². The third-order valence-electron chi connectivity index (χ3n) is 7.38. The molecule has 4 saturated carbocycles. The summed E-state index contributed by atoms with van der Waals surface area (Å²) in [5.74, 6) is -0.0541. The summed E-state index contributed by atoms with van der Waals surface area (Å²) in [5, 5.41) is 11.2. The number of hydrogen-bond donors (Lipinski definition) is 2. The van der Waals surface area contributed by atoms with Crippen molar-refractivity contribution < 1.29 is 24.2 Å². The summed E-state index contributed by atoms with van der Waals surface area (Å²) < 4.78 is 5.70. The van der Waals surface area contributed by atoms with Crippen molar-refractivity contribution in [1.82, 2.24) is 9.80 Å². The van der Waals surface area contributed by atoms with Crippen LogP contribution < -0.4 is 5.73 Å². The van der Waals surface area contributed by atoms with Crippen molar-refractivity contribution in [3.63, 3.8) is 0 Å². The van der Waals surface area contributed by atoms with Crippen LogP contribution in [0.25, 0.3) is 0 Å². The number of carbonyl (C=O) groups excluding carboxylic acids is 3. The van der Waals surface area contributed by atoms with Crippen LogP contribution in [-0.4, -0.2) is 68.7 Å². The molecule has 3 N–H and O–H groups in total. The van der Waals surface area contributed by atoms with E-state index in [-0.39, 0.29) is 12.5 Å². The molecule has 0 aromatic heterocycles. The Morgan fingerprint density at radius 3 is 2.33 bits per heavy atom. The van der Waals surface area contributed by atoms with E-state index in [1.807, 2.05) is 20.8 Å². The van der Waals surface area contributed by atoms with Crippen LogP contribution in [0.4, 0.5) is 4.79 Å². The third kappa shape index (κ3) is 3.90. The predicted octanol–water partition coefficient (Wildman–Crippen LogP) is 1.78. The molecule has 4 bridgehead atoms. The number of carbonyl (C=O) groups is 3. The van der Waals surface area contributed by atoms with Crippen molar-refractivity contribution in [2.24, 2.45) is 17.6 Å². The van der Waals surface area contributed by atoms with Crippen molar-refractivity contribution in [1.29, 1.82) is 0 Å². The van der Waals surface area contributed by atoms with Gasteiger partial charge in [0.15, 0.2) is 0 Å². The molecule has 1 aliphatic heterocycles. The van der Waals surface area contributed by atoms with Gasteiger partial charge in [0.1, 0.15) is 18.2 Å². The Hall–Kier alpha value is -1.83. The van der Waals surface area contributed by atoms with Crippen LogP contribution in [0.2, 0.25) is 0 Å². The van der Waals surface area contributed by atoms with Crippen molar-refractivity contribution in [2.45, 2.75) is 94.9 Å². The molecule has 4 aliphatic carbocycles. The quantitative estimate of drug-likeness (QED) is 0.718. The molecule has 0 aromatic carbocycles. The standard InChI is InChI=1S/C22H35N3O5/c1-20(2,3)30-19(28)25(12-17(26)24-6-4-5-16(24)18(23)27)21-8-14-7-15(9-21)11-22(29,10-14)13-21/h14-16,29H,4-13H2,1-3H3,(H2,23,27)/t14?,15?,16-,21?,22?/m0/s1. The van der Waals surface area contributed by atoms with Crippen molar-refractivity contribution in [2.75, 3.05) is 13.1 Å². The molecule has 3 atom stereocenters. The maximum absolute atomic E-state index is 13.3. The number of primary amides is 1. The zero-order chi connectivity index (χ0) is 21.9. The maximum atomic E-state index is 13.3. The van der Waals surface area contributed by atoms with Crippen molar-refractivity contribution in [3.05, 3.63) is 0 Å². The van der Waals surface area contributed by atoms with E-state index >= 15 is 0 Å². The summed E-state index contributed by atoms with van der Waals surface area (Å²) in [4.78, 5) is 41.4. The van der Waals surface area contributed by atoms with Gasteiger partial charge in [-0.3, -0.25) is 14.5 Å². The van der Waals surface area contributed by atoms with Crippen LogP contribution in [0.15, 0.2) is 0 Å². The van der Waals surface area contributed by atoms with Gasteiger partial charge in [0.05, 0.1) is 11.1 Å². The number of rotatable bonds is 4. The second kappa shape index (κ2) is 7.11. The molecule has 0 aromatic rings. The maximum Gasteiger partial charge on any atom is 0.411 e. The highest BCUT2D eigenvalue weighted by Gasteiger charge is 2.61. The first-order chi connectivity index (χ1) is 13.9. The van der Waals surface area contributed by atoms with Gasteiger partial charge < -0.3 is 20.5 Å². The van der Waals surface area contributed by atoms with Gasteiger partial charge >= 0.3 is 6.09 Å². The molecule has 8 heteroatoms. The molecule has 5 aliphatic rings. The minimum Gasteiger partial charge on any atom is -0.444 e. The number of amides is 3. The highest BCUT2D eigenvalue weighted by atomic mass is 16.6. The van der Waals surface area contributed by atoms with E-state index in [1.54, 1.807) is 4.90 Å². The topological polar surface area (TPSA) is 113 Å². The average molecular weight is 422 g/mol. The van der Waals surface area contributed by atoms with E-state index in [2.05, 4.69) is 0 Å². The fraction of sp³-hybridized carbons (Fsp3) is 0.864. The lowest BCUT2D eigenvalue weighted by Gasteiger charge is -2.62. The zero-order valence-corrected chi connectivity index (χ0v) is 18.4. The number of aliphatic hydroxyl groups is 1. The molecule has 30 heavy (non-hydrogen) atoms. The molecule has 1 heterocycles. The summed E-state index contributed by atoms with van der Waals surface area (Å²) in [7, 11) is 0. The molecular weight excluding hydrogens is 386 g/mol. The summed E-state index contributed by atoms with van der Waals surface area (Å²) >= 11 is 0. The monoisotopic (exact) mass is 421 g/mol. The van der Waals surface area contributed by atoms with Gasteiger partial charge in [-0.05, 0) is 84.0 Å². The highest BCUT2D eigenvalue weighted by Crippen LogP contribution is 2.59. The molecule has 1 saturated heterocycles. The summed E-state index contributed by atoms with van der Waals surface area (Å²) in [6.07, 6.45) is 5.46. The van der Waals surface area contributed by atoms with Crippen LogP contribution in [0.3, 0.4) is 0 Å².